The lowest BCUT2D eigenvalue weighted by Gasteiger charge is -2.19. The topological polar surface area (TPSA) is 102 Å². The van der Waals surface area contributed by atoms with Crippen LogP contribution in [0.4, 0.5) is 0 Å². The first-order valence-electron chi connectivity index (χ1n) is 8.54. The van der Waals surface area contributed by atoms with Crippen molar-refractivity contribution in [3.05, 3.63) is 51.3 Å². The summed E-state index contributed by atoms with van der Waals surface area (Å²) in [6.07, 6.45) is 0.548. The van der Waals surface area contributed by atoms with Gasteiger partial charge in [0, 0.05) is 6.04 Å². The van der Waals surface area contributed by atoms with Crippen LogP contribution in [0.1, 0.15) is 47.8 Å². The molecule has 142 valence electrons. The fourth-order valence-electron chi connectivity index (χ4n) is 2.80. The quantitative estimate of drug-likeness (QED) is 0.752. The molecular formula is C20H22N2O5. The Hall–Kier alpha value is -3.27. The smallest absolute Gasteiger partial charge is 0.271 e. The summed E-state index contributed by atoms with van der Waals surface area (Å²) in [6, 6.07) is 8.32. The Morgan fingerprint density at radius 2 is 1.96 bits per heavy atom. The van der Waals surface area contributed by atoms with Crippen molar-refractivity contribution in [2.75, 3.05) is 13.7 Å². The molecule has 0 spiro atoms. The number of hydrogen-bond donors (Lipinski definition) is 1. The van der Waals surface area contributed by atoms with Gasteiger partial charge in [0.1, 0.15) is 11.6 Å². The number of para-hydroxylation sites is 2. The maximum Gasteiger partial charge on any atom is 0.271 e. The lowest BCUT2D eigenvalue weighted by molar-refractivity contribution is 0.0914. The van der Waals surface area contributed by atoms with Gasteiger partial charge in [-0.15, -0.1) is 0 Å². The largest absolute Gasteiger partial charge is 0.494 e. The first-order chi connectivity index (χ1) is 12.9. The number of hydrogen-bond acceptors (Lipinski definition) is 6. The number of pyridine rings is 1. The van der Waals surface area contributed by atoms with Crippen LogP contribution in [0.3, 0.4) is 0 Å². The average molecular weight is 370 g/mol. The number of ether oxygens (including phenoxy) is 2. The molecule has 0 saturated carbocycles. The van der Waals surface area contributed by atoms with Crippen molar-refractivity contribution in [3.63, 3.8) is 0 Å². The van der Waals surface area contributed by atoms with Crippen molar-refractivity contribution < 1.29 is 19.4 Å². The number of aromatic nitrogens is 1. The van der Waals surface area contributed by atoms with Gasteiger partial charge in [0.15, 0.2) is 18.1 Å². The van der Waals surface area contributed by atoms with Gasteiger partial charge in [0.05, 0.1) is 12.7 Å². The standard InChI is InChI=1S/C20H22N2O5/c1-5-12(2)22-19(24)14(10-21)13(3)18(20(22)25)15(23)11-27-17-9-7-6-8-16(17)26-4/h6-9,12,25H,5,11H2,1-4H3. The van der Waals surface area contributed by atoms with Gasteiger partial charge in [-0.05, 0) is 38.0 Å². The highest BCUT2D eigenvalue weighted by Gasteiger charge is 2.26. The molecule has 0 saturated heterocycles. The zero-order chi connectivity index (χ0) is 20.1. The first-order valence-corrected chi connectivity index (χ1v) is 8.54. The molecule has 2 rings (SSSR count). The van der Waals surface area contributed by atoms with Crippen molar-refractivity contribution in [2.45, 2.75) is 33.2 Å². The van der Waals surface area contributed by atoms with E-state index in [0.29, 0.717) is 17.9 Å². The Bertz CT molecular complexity index is 956. The van der Waals surface area contributed by atoms with E-state index in [1.807, 2.05) is 13.0 Å². The molecule has 0 bridgehead atoms. The van der Waals surface area contributed by atoms with Gasteiger partial charge < -0.3 is 14.6 Å². The van der Waals surface area contributed by atoms with E-state index in [4.69, 9.17) is 9.47 Å². The van der Waals surface area contributed by atoms with E-state index in [2.05, 4.69) is 0 Å². The van der Waals surface area contributed by atoms with Crippen LogP contribution < -0.4 is 15.0 Å². The van der Waals surface area contributed by atoms with Crippen LogP contribution in [-0.4, -0.2) is 29.2 Å². The van der Waals surface area contributed by atoms with E-state index in [1.165, 1.54) is 14.0 Å². The van der Waals surface area contributed by atoms with Crippen molar-refractivity contribution >= 4 is 5.78 Å². The van der Waals surface area contributed by atoms with Gasteiger partial charge >= 0.3 is 0 Å². The van der Waals surface area contributed by atoms with Crippen molar-refractivity contribution in [1.29, 1.82) is 5.26 Å². The second kappa shape index (κ2) is 8.41. The summed E-state index contributed by atoms with van der Waals surface area (Å²) in [7, 11) is 1.49. The summed E-state index contributed by atoms with van der Waals surface area (Å²) in [5.41, 5.74) is -0.702. The van der Waals surface area contributed by atoms with Crippen molar-refractivity contribution in [1.82, 2.24) is 4.57 Å². The average Bonchev–Trinajstić information content (AvgIpc) is 2.66. The predicted octanol–water partition coefficient (Wildman–Crippen LogP) is 2.98. The molecule has 7 nitrogen and oxygen atoms in total. The molecule has 27 heavy (non-hydrogen) atoms. The van der Waals surface area contributed by atoms with E-state index in [1.54, 1.807) is 31.2 Å². The molecule has 1 unspecified atom stereocenters. The molecule has 0 aliphatic carbocycles. The minimum absolute atomic E-state index is 0.0821. The van der Waals surface area contributed by atoms with Gasteiger partial charge in [-0.1, -0.05) is 19.1 Å². The van der Waals surface area contributed by atoms with Gasteiger partial charge in [-0.25, -0.2) is 0 Å². The third-order valence-electron chi connectivity index (χ3n) is 4.48. The zero-order valence-corrected chi connectivity index (χ0v) is 15.8. The molecule has 1 heterocycles. The minimum atomic E-state index is -0.607. The fourth-order valence-corrected chi connectivity index (χ4v) is 2.80. The maximum atomic E-state index is 12.8. The molecule has 0 radical (unpaired) electrons. The van der Waals surface area contributed by atoms with Crippen LogP contribution in [0.15, 0.2) is 29.1 Å². The summed E-state index contributed by atoms with van der Waals surface area (Å²) < 4.78 is 11.8. The van der Waals surface area contributed by atoms with Crippen LogP contribution in [0.5, 0.6) is 17.4 Å². The fraction of sp³-hybridized carbons (Fsp3) is 0.350. The number of carbonyl (C=O) groups excluding carboxylic acids is 1. The van der Waals surface area contributed by atoms with Crippen molar-refractivity contribution in [2.24, 2.45) is 0 Å². The highest BCUT2D eigenvalue weighted by Crippen LogP contribution is 2.28. The van der Waals surface area contributed by atoms with E-state index in [0.717, 1.165) is 4.57 Å². The van der Waals surface area contributed by atoms with Gasteiger partial charge in [0.2, 0.25) is 11.7 Å². The number of benzene rings is 1. The number of carbonyl (C=O) groups is 1. The van der Waals surface area contributed by atoms with Gasteiger partial charge in [-0.3, -0.25) is 14.2 Å². The van der Waals surface area contributed by atoms with Crippen LogP contribution in [0, 0.1) is 18.3 Å². The minimum Gasteiger partial charge on any atom is -0.494 e. The summed E-state index contributed by atoms with van der Waals surface area (Å²) in [5, 5.41) is 19.9. The number of rotatable bonds is 7. The molecule has 0 fully saturated rings. The molecule has 1 atom stereocenters. The Morgan fingerprint density at radius 1 is 1.33 bits per heavy atom. The molecule has 1 aromatic carbocycles. The Kier molecular flexibility index (Phi) is 6.24. The molecule has 1 N–H and O–H groups in total. The van der Waals surface area contributed by atoms with Crippen LogP contribution >= 0.6 is 0 Å². The number of ketones is 1. The second-order valence-corrected chi connectivity index (χ2v) is 6.11. The molecule has 7 heteroatoms. The summed E-state index contributed by atoms with van der Waals surface area (Å²) >= 11 is 0. The number of nitrogens with zero attached hydrogens (tertiary/aromatic N) is 2. The summed E-state index contributed by atoms with van der Waals surface area (Å²) in [6.45, 7) is 4.67. The molecule has 2 aromatic rings. The first kappa shape index (κ1) is 20.0. The highest BCUT2D eigenvalue weighted by molar-refractivity contribution is 6.01. The molecule has 1 aromatic heterocycles. The Balaban J connectivity index is 2.46. The molecular weight excluding hydrogens is 348 g/mol. The molecule has 0 amide bonds. The van der Waals surface area contributed by atoms with E-state index in [9.17, 15) is 20.0 Å². The number of nitriles is 1. The molecule has 0 aliphatic rings. The van der Waals surface area contributed by atoms with Gasteiger partial charge in [-0.2, -0.15) is 5.26 Å². The third kappa shape index (κ3) is 3.80. The lowest BCUT2D eigenvalue weighted by Crippen LogP contribution is -2.29. The summed E-state index contributed by atoms with van der Waals surface area (Å²) in [4.78, 5) is 25.3. The SMILES string of the molecule is CCC(C)n1c(O)c(C(=O)COc2ccccc2OC)c(C)c(C#N)c1=O. The van der Waals surface area contributed by atoms with Crippen LogP contribution in [0.25, 0.3) is 0 Å². The van der Waals surface area contributed by atoms with E-state index >= 15 is 0 Å². The lowest BCUT2D eigenvalue weighted by atomic mass is 10.0. The zero-order valence-electron chi connectivity index (χ0n) is 15.8. The number of methoxy groups -OCH3 is 1. The van der Waals surface area contributed by atoms with Gasteiger partial charge in [0.25, 0.3) is 5.56 Å². The normalized spacial score (nSPS) is 11.5. The van der Waals surface area contributed by atoms with E-state index in [-0.39, 0.29) is 29.3 Å². The van der Waals surface area contributed by atoms with Crippen LogP contribution in [-0.2, 0) is 0 Å². The highest BCUT2D eigenvalue weighted by atomic mass is 16.5. The maximum absolute atomic E-state index is 12.8. The predicted molar refractivity (Wildman–Crippen MR) is 99.6 cm³/mol. The third-order valence-corrected chi connectivity index (χ3v) is 4.48. The Labute approximate surface area is 157 Å². The Morgan fingerprint density at radius 3 is 2.52 bits per heavy atom. The number of aromatic hydroxyl groups is 1. The van der Waals surface area contributed by atoms with E-state index < -0.39 is 17.2 Å². The number of Topliss-reactive ketones (excluding diaryl/α,β-unsaturated/α-hetero) is 1. The van der Waals surface area contributed by atoms with Crippen molar-refractivity contribution in [3.8, 4) is 23.4 Å². The van der Waals surface area contributed by atoms with Crippen LogP contribution in [0.2, 0.25) is 0 Å². The summed E-state index contributed by atoms with van der Waals surface area (Å²) in [5.74, 6) is -0.140. The molecule has 0 aliphatic heterocycles. The monoisotopic (exact) mass is 370 g/mol. The second-order valence-electron chi connectivity index (χ2n) is 6.11.